The fourth-order valence-electron chi connectivity index (χ4n) is 1.19. The molecule has 54 valence electrons. The summed E-state index contributed by atoms with van der Waals surface area (Å²) in [5.41, 5.74) is 11.4. The van der Waals surface area contributed by atoms with Crippen LogP contribution in [0.3, 0.4) is 0 Å². The minimum absolute atomic E-state index is 0.189. The Hall–Kier alpha value is -0.120. The second kappa shape index (κ2) is 2.64. The number of rotatable bonds is 0. The van der Waals surface area contributed by atoms with E-state index in [-0.39, 0.29) is 12.3 Å². The van der Waals surface area contributed by atoms with E-state index in [4.69, 9.17) is 11.5 Å². The summed E-state index contributed by atoms with van der Waals surface area (Å²) in [5.74, 6) is 0. The summed E-state index contributed by atoms with van der Waals surface area (Å²) in [4.78, 5) is 2.03. The molecule has 0 saturated carbocycles. The number of piperidine rings is 1. The van der Waals surface area contributed by atoms with E-state index in [9.17, 15) is 0 Å². The molecule has 4 N–H and O–H groups in total. The third-order valence-corrected chi connectivity index (χ3v) is 2.05. The minimum Gasteiger partial charge on any atom is -0.316 e. The highest BCUT2D eigenvalue weighted by molar-refractivity contribution is 4.73. The van der Waals surface area contributed by atoms with E-state index in [0.717, 1.165) is 12.8 Å². The van der Waals surface area contributed by atoms with Crippen LogP contribution in [-0.4, -0.2) is 24.3 Å². The normalized spacial score (nSPS) is 39.0. The first-order valence-corrected chi connectivity index (χ1v) is 3.45. The van der Waals surface area contributed by atoms with Crippen LogP contribution in [0, 0.1) is 0 Å². The van der Waals surface area contributed by atoms with E-state index < -0.39 is 0 Å². The molecule has 0 aromatic rings. The van der Waals surface area contributed by atoms with Gasteiger partial charge in [-0.2, -0.15) is 0 Å². The van der Waals surface area contributed by atoms with Crippen LogP contribution in [0.5, 0.6) is 0 Å². The molecule has 0 aromatic carbocycles. The first-order chi connectivity index (χ1) is 4.22. The van der Waals surface area contributed by atoms with Crippen molar-refractivity contribution in [1.82, 2.24) is 4.90 Å². The Morgan fingerprint density at radius 2 is 1.67 bits per heavy atom. The molecule has 0 radical (unpaired) electrons. The van der Waals surface area contributed by atoms with Gasteiger partial charge < -0.3 is 11.5 Å². The largest absolute Gasteiger partial charge is 0.316 e. The van der Waals surface area contributed by atoms with E-state index >= 15 is 0 Å². The van der Waals surface area contributed by atoms with Crippen molar-refractivity contribution in [2.24, 2.45) is 11.5 Å². The Balaban J connectivity index is 2.41. The predicted molar refractivity (Wildman–Crippen MR) is 37.6 cm³/mol. The van der Waals surface area contributed by atoms with E-state index in [2.05, 4.69) is 0 Å². The van der Waals surface area contributed by atoms with Crippen molar-refractivity contribution in [2.75, 3.05) is 7.05 Å². The number of hydrogen-bond donors (Lipinski definition) is 2. The Kier molecular flexibility index (Phi) is 2.05. The average Bonchev–Trinajstić information content (AvgIpc) is 1.83. The molecule has 1 fully saturated rings. The number of hydrogen-bond acceptors (Lipinski definition) is 3. The van der Waals surface area contributed by atoms with Gasteiger partial charge in [-0.1, -0.05) is 0 Å². The second-order valence-corrected chi connectivity index (χ2v) is 2.73. The third kappa shape index (κ3) is 1.41. The summed E-state index contributed by atoms with van der Waals surface area (Å²) in [6, 6.07) is 0. The van der Waals surface area contributed by atoms with Gasteiger partial charge in [-0.15, -0.1) is 0 Å². The summed E-state index contributed by atoms with van der Waals surface area (Å²) < 4.78 is 0. The molecule has 0 spiro atoms. The smallest absolute Gasteiger partial charge is 0.0582 e. The van der Waals surface area contributed by atoms with Crippen LogP contribution in [0.15, 0.2) is 0 Å². The Labute approximate surface area is 56.0 Å². The second-order valence-electron chi connectivity index (χ2n) is 2.73. The maximum atomic E-state index is 5.71. The van der Waals surface area contributed by atoms with Crippen molar-refractivity contribution in [3.63, 3.8) is 0 Å². The molecule has 1 heterocycles. The molecule has 1 aliphatic rings. The average molecular weight is 129 g/mol. The van der Waals surface area contributed by atoms with Crippen molar-refractivity contribution < 1.29 is 0 Å². The predicted octanol–water partition coefficient (Wildman–Crippen LogP) is -0.328. The highest BCUT2D eigenvalue weighted by Crippen LogP contribution is 2.13. The van der Waals surface area contributed by atoms with Gasteiger partial charge in [-0.05, 0) is 26.3 Å². The summed E-state index contributed by atoms with van der Waals surface area (Å²) >= 11 is 0. The first kappa shape index (κ1) is 6.99. The minimum atomic E-state index is 0.189. The van der Waals surface area contributed by atoms with Crippen molar-refractivity contribution >= 4 is 0 Å². The lowest BCUT2D eigenvalue weighted by Gasteiger charge is -2.34. The molecule has 9 heavy (non-hydrogen) atoms. The quantitative estimate of drug-likeness (QED) is 0.471. The molecule has 0 aromatic heterocycles. The van der Waals surface area contributed by atoms with Gasteiger partial charge in [-0.3, -0.25) is 4.90 Å². The lowest BCUT2D eigenvalue weighted by Crippen LogP contribution is -2.52. The van der Waals surface area contributed by atoms with Crippen molar-refractivity contribution in [1.29, 1.82) is 0 Å². The van der Waals surface area contributed by atoms with Gasteiger partial charge in [0.15, 0.2) is 0 Å². The standard InChI is InChI=1S/C6H15N3/c1-9-5(7)3-2-4-6(9)8/h5-6H,2-4,7-8H2,1H3. The summed E-state index contributed by atoms with van der Waals surface area (Å²) in [5, 5.41) is 0. The SMILES string of the molecule is CN1C(N)CCCC1N. The Bertz CT molecular complexity index is 84.3. The molecular weight excluding hydrogens is 114 g/mol. The van der Waals surface area contributed by atoms with Gasteiger partial charge in [0.05, 0.1) is 12.3 Å². The highest BCUT2D eigenvalue weighted by atomic mass is 15.3. The monoisotopic (exact) mass is 129 g/mol. The molecule has 2 unspecified atom stereocenters. The van der Waals surface area contributed by atoms with Crippen LogP contribution < -0.4 is 11.5 Å². The molecular formula is C6H15N3. The summed E-state index contributed by atoms with van der Waals surface area (Å²) in [6.07, 6.45) is 3.73. The van der Waals surface area contributed by atoms with Crippen molar-refractivity contribution in [3.05, 3.63) is 0 Å². The van der Waals surface area contributed by atoms with Crippen molar-refractivity contribution in [3.8, 4) is 0 Å². The Morgan fingerprint density at radius 1 is 1.22 bits per heavy atom. The maximum absolute atomic E-state index is 5.71. The number of nitrogens with zero attached hydrogens (tertiary/aromatic N) is 1. The molecule has 0 amide bonds. The molecule has 1 saturated heterocycles. The van der Waals surface area contributed by atoms with Gasteiger partial charge >= 0.3 is 0 Å². The topological polar surface area (TPSA) is 55.3 Å². The summed E-state index contributed by atoms with van der Waals surface area (Å²) in [7, 11) is 1.98. The van der Waals surface area contributed by atoms with Crippen LogP contribution in [0.25, 0.3) is 0 Å². The molecule has 0 aliphatic carbocycles. The molecule has 3 nitrogen and oxygen atoms in total. The van der Waals surface area contributed by atoms with Crippen LogP contribution >= 0.6 is 0 Å². The zero-order valence-electron chi connectivity index (χ0n) is 5.88. The molecule has 2 atom stereocenters. The molecule has 3 heteroatoms. The zero-order valence-corrected chi connectivity index (χ0v) is 5.88. The maximum Gasteiger partial charge on any atom is 0.0582 e. The van der Waals surface area contributed by atoms with E-state index in [1.54, 1.807) is 0 Å². The Morgan fingerprint density at radius 3 is 2.00 bits per heavy atom. The van der Waals surface area contributed by atoms with E-state index in [1.807, 2.05) is 11.9 Å². The van der Waals surface area contributed by atoms with Crippen molar-refractivity contribution in [2.45, 2.75) is 31.6 Å². The van der Waals surface area contributed by atoms with Gasteiger partial charge in [-0.25, -0.2) is 0 Å². The number of nitrogens with two attached hydrogens (primary N) is 2. The van der Waals surface area contributed by atoms with Gasteiger partial charge in [0.1, 0.15) is 0 Å². The molecule has 1 aliphatic heterocycles. The first-order valence-electron chi connectivity index (χ1n) is 3.45. The lowest BCUT2D eigenvalue weighted by atomic mass is 10.1. The number of likely N-dealkylation sites (tertiary alicyclic amines) is 1. The fraction of sp³-hybridized carbons (Fsp3) is 1.00. The zero-order chi connectivity index (χ0) is 6.85. The van der Waals surface area contributed by atoms with Crippen LogP contribution in [0.4, 0.5) is 0 Å². The van der Waals surface area contributed by atoms with Crippen LogP contribution in [0.1, 0.15) is 19.3 Å². The fourth-order valence-corrected chi connectivity index (χ4v) is 1.19. The van der Waals surface area contributed by atoms with E-state index in [1.165, 1.54) is 6.42 Å². The van der Waals surface area contributed by atoms with Gasteiger partial charge in [0.25, 0.3) is 0 Å². The van der Waals surface area contributed by atoms with E-state index in [0.29, 0.717) is 0 Å². The van der Waals surface area contributed by atoms with Gasteiger partial charge in [0, 0.05) is 0 Å². The van der Waals surface area contributed by atoms with Crippen LogP contribution in [-0.2, 0) is 0 Å². The summed E-state index contributed by atoms with van der Waals surface area (Å²) in [6.45, 7) is 0. The highest BCUT2D eigenvalue weighted by Gasteiger charge is 2.20. The third-order valence-electron chi connectivity index (χ3n) is 2.05. The molecule has 1 rings (SSSR count). The van der Waals surface area contributed by atoms with Gasteiger partial charge in [0.2, 0.25) is 0 Å². The molecule has 0 bridgehead atoms. The van der Waals surface area contributed by atoms with Crippen LogP contribution in [0.2, 0.25) is 0 Å². The lowest BCUT2D eigenvalue weighted by molar-refractivity contribution is 0.122.